The number of aliphatic carboxylic acids is 1. The number of nitrogens with zero attached hydrogens (tertiary/aromatic N) is 4. The van der Waals surface area contributed by atoms with Crippen molar-refractivity contribution in [2.24, 2.45) is 5.10 Å². The number of nitro groups is 1. The van der Waals surface area contributed by atoms with Gasteiger partial charge in [0.05, 0.1) is 26.5 Å². The summed E-state index contributed by atoms with van der Waals surface area (Å²) < 4.78 is 12.2. The van der Waals surface area contributed by atoms with Crippen LogP contribution in [0, 0.1) is 10.1 Å². The highest BCUT2D eigenvalue weighted by Crippen LogP contribution is 2.36. The highest BCUT2D eigenvalue weighted by Gasteiger charge is 2.21. The van der Waals surface area contributed by atoms with E-state index in [1.165, 1.54) is 12.3 Å². The quantitative estimate of drug-likeness (QED) is 0.147. The number of hydrogen-bond acceptors (Lipinski definition) is 8. The molecule has 2 aromatic heterocycles. The van der Waals surface area contributed by atoms with Crippen LogP contribution in [0.2, 0.25) is 5.02 Å². The second-order valence-electron chi connectivity index (χ2n) is 7.90. The second kappa shape index (κ2) is 10.1. The van der Waals surface area contributed by atoms with Gasteiger partial charge in [0.25, 0.3) is 5.56 Å². The van der Waals surface area contributed by atoms with Gasteiger partial charge in [-0.25, -0.2) is 9.78 Å². The third-order valence-corrected chi connectivity index (χ3v) is 6.18. The Morgan fingerprint density at radius 2 is 2.03 bits per heavy atom. The number of nitro benzene ring substituents is 1. The van der Waals surface area contributed by atoms with E-state index in [0.717, 1.165) is 10.7 Å². The van der Waals surface area contributed by atoms with Crippen LogP contribution in [0.5, 0.6) is 5.75 Å². The molecule has 0 radical (unpaired) electrons. The van der Waals surface area contributed by atoms with E-state index in [2.05, 4.69) is 26.0 Å². The first-order valence-corrected chi connectivity index (χ1v) is 12.0. The van der Waals surface area contributed by atoms with Crippen LogP contribution in [-0.4, -0.2) is 38.5 Å². The maximum absolute atomic E-state index is 13.4. The number of furan rings is 1. The number of hydrogen-bond donors (Lipinski definition) is 1. The fraction of sp³-hybridized carbons (Fsp3) is 0.0400. The lowest BCUT2D eigenvalue weighted by Crippen LogP contribution is -2.20. The molecule has 0 bridgehead atoms. The number of ether oxygens (including phenoxy) is 1. The highest BCUT2D eigenvalue weighted by atomic mass is 79.9. The number of carboxylic acid groups (broad SMARTS) is 1. The van der Waals surface area contributed by atoms with E-state index in [-0.39, 0.29) is 27.4 Å². The van der Waals surface area contributed by atoms with Gasteiger partial charge in [-0.3, -0.25) is 14.9 Å². The predicted octanol–water partition coefficient (Wildman–Crippen LogP) is 5.48. The molecule has 5 aromatic rings. The first kappa shape index (κ1) is 25.1. The van der Waals surface area contributed by atoms with Crippen molar-refractivity contribution in [2.75, 3.05) is 6.61 Å². The van der Waals surface area contributed by atoms with Crippen LogP contribution in [0.25, 0.3) is 33.5 Å². The van der Waals surface area contributed by atoms with Crippen LogP contribution in [0.1, 0.15) is 5.56 Å². The molecular formula is C25H14BrClN4O7. The molecule has 11 nitrogen and oxygen atoms in total. The van der Waals surface area contributed by atoms with Gasteiger partial charge in [0, 0.05) is 22.0 Å². The topological polar surface area (TPSA) is 150 Å². The number of rotatable bonds is 7. The molecule has 38 heavy (non-hydrogen) atoms. The van der Waals surface area contributed by atoms with Gasteiger partial charge in [0.15, 0.2) is 12.4 Å². The lowest BCUT2D eigenvalue weighted by atomic mass is 10.2. The Balaban J connectivity index is 1.65. The van der Waals surface area contributed by atoms with E-state index in [1.54, 1.807) is 48.5 Å². The van der Waals surface area contributed by atoms with Gasteiger partial charge in [-0.05, 0) is 58.4 Å². The minimum Gasteiger partial charge on any atom is -0.479 e. The number of carbonyl (C=O) groups is 1. The molecule has 0 aliphatic heterocycles. The number of aromatic nitrogens is 2. The molecule has 1 N–H and O–H groups in total. The zero-order valence-corrected chi connectivity index (χ0v) is 21.3. The van der Waals surface area contributed by atoms with Crippen molar-refractivity contribution in [1.82, 2.24) is 9.66 Å². The van der Waals surface area contributed by atoms with Crippen LogP contribution in [0.3, 0.4) is 0 Å². The summed E-state index contributed by atoms with van der Waals surface area (Å²) in [5.74, 6) is -1.18. The molecule has 0 saturated heterocycles. The summed E-state index contributed by atoms with van der Waals surface area (Å²) in [6, 6.07) is 16.1. The molecule has 0 spiro atoms. The number of para-hydroxylation sites is 1. The van der Waals surface area contributed by atoms with Crippen LogP contribution in [-0.2, 0) is 4.79 Å². The summed E-state index contributed by atoms with van der Waals surface area (Å²) in [6.07, 6.45) is 1.24. The van der Waals surface area contributed by atoms with E-state index in [1.807, 2.05) is 0 Å². The monoisotopic (exact) mass is 596 g/mol. The van der Waals surface area contributed by atoms with Gasteiger partial charge in [-0.2, -0.15) is 9.78 Å². The molecule has 0 aliphatic carbocycles. The molecular weight excluding hydrogens is 584 g/mol. The molecule has 0 fully saturated rings. The van der Waals surface area contributed by atoms with Crippen molar-refractivity contribution in [3.05, 3.63) is 96.2 Å². The van der Waals surface area contributed by atoms with E-state index in [4.69, 9.17) is 25.9 Å². The average Bonchev–Trinajstić information content (AvgIpc) is 3.30. The summed E-state index contributed by atoms with van der Waals surface area (Å²) in [5.41, 5.74) is 0.207. The Morgan fingerprint density at radius 1 is 1.24 bits per heavy atom. The SMILES string of the molecule is O=C(O)COc1c(Br)cc(C=Nn2c(-c3cc4cc(Cl)ccc4o3)nc3ccccc3c2=O)cc1[N+](=O)[O-]. The van der Waals surface area contributed by atoms with Gasteiger partial charge in [0.1, 0.15) is 5.58 Å². The van der Waals surface area contributed by atoms with Crippen LogP contribution >= 0.6 is 27.5 Å². The zero-order valence-electron chi connectivity index (χ0n) is 19.0. The van der Waals surface area contributed by atoms with Crippen LogP contribution < -0.4 is 10.3 Å². The van der Waals surface area contributed by atoms with Crippen molar-refractivity contribution in [3.8, 4) is 17.3 Å². The van der Waals surface area contributed by atoms with Crippen LogP contribution in [0.4, 0.5) is 5.69 Å². The molecule has 0 unspecified atom stereocenters. The molecule has 5 rings (SSSR count). The van der Waals surface area contributed by atoms with Crippen molar-refractivity contribution in [1.29, 1.82) is 0 Å². The Morgan fingerprint density at radius 3 is 2.79 bits per heavy atom. The third kappa shape index (κ3) is 4.86. The largest absolute Gasteiger partial charge is 0.479 e. The average molecular weight is 598 g/mol. The number of benzene rings is 3. The maximum atomic E-state index is 13.4. The van der Waals surface area contributed by atoms with E-state index in [0.29, 0.717) is 26.9 Å². The van der Waals surface area contributed by atoms with E-state index >= 15 is 0 Å². The summed E-state index contributed by atoms with van der Waals surface area (Å²) >= 11 is 9.27. The lowest BCUT2D eigenvalue weighted by molar-refractivity contribution is -0.385. The summed E-state index contributed by atoms with van der Waals surface area (Å²) in [6.45, 7) is -0.767. The Bertz CT molecular complexity index is 1850. The number of fused-ring (bicyclic) bond motifs is 2. The summed E-state index contributed by atoms with van der Waals surface area (Å²) in [7, 11) is 0. The zero-order chi connectivity index (χ0) is 27.0. The molecule has 190 valence electrons. The minimum atomic E-state index is -1.29. The Hall–Kier alpha value is -4.55. The summed E-state index contributed by atoms with van der Waals surface area (Å²) in [5, 5.41) is 26.3. The van der Waals surface area contributed by atoms with Crippen molar-refractivity contribution in [2.45, 2.75) is 0 Å². The fourth-order valence-corrected chi connectivity index (χ4v) is 4.49. The smallest absolute Gasteiger partial charge is 0.341 e. The van der Waals surface area contributed by atoms with Gasteiger partial charge in [0.2, 0.25) is 11.6 Å². The predicted molar refractivity (Wildman–Crippen MR) is 143 cm³/mol. The molecule has 0 saturated carbocycles. The Labute approximate surface area is 225 Å². The van der Waals surface area contributed by atoms with Gasteiger partial charge < -0.3 is 14.3 Å². The first-order chi connectivity index (χ1) is 18.2. The molecule has 3 aromatic carbocycles. The molecule has 2 heterocycles. The third-order valence-electron chi connectivity index (χ3n) is 5.36. The number of carboxylic acids is 1. The van der Waals surface area contributed by atoms with E-state index < -0.39 is 28.7 Å². The van der Waals surface area contributed by atoms with Gasteiger partial charge in [-0.15, -0.1) is 0 Å². The van der Waals surface area contributed by atoms with Crippen LogP contribution in [0.15, 0.2) is 79.4 Å². The lowest BCUT2D eigenvalue weighted by Gasteiger charge is -2.09. The molecule has 13 heteroatoms. The van der Waals surface area contributed by atoms with Gasteiger partial charge in [-0.1, -0.05) is 23.7 Å². The minimum absolute atomic E-state index is 0.104. The van der Waals surface area contributed by atoms with E-state index in [9.17, 15) is 19.7 Å². The second-order valence-corrected chi connectivity index (χ2v) is 9.19. The van der Waals surface area contributed by atoms with Crippen molar-refractivity contribution in [3.63, 3.8) is 0 Å². The number of halogens is 2. The molecule has 0 aliphatic rings. The maximum Gasteiger partial charge on any atom is 0.341 e. The van der Waals surface area contributed by atoms with Crippen molar-refractivity contribution < 1.29 is 24.0 Å². The normalized spacial score (nSPS) is 11.4. The standard InChI is InChI=1S/C25H14BrClN4O7/c26-17-7-13(8-19(31(35)36)23(17)37-12-22(32)33)11-28-30-24(29-18-4-2-1-3-16(18)25(30)34)21-10-14-9-15(27)5-6-20(14)38-21/h1-11H,12H2,(H,32,33). The fourth-order valence-electron chi connectivity index (χ4n) is 3.73. The van der Waals surface area contributed by atoms with Gasteiger partial charge >= 0.3 is 11.7 Å². The molecule has 0 atom stereocenters. The Kier molecular flexibility index (Phi) is 6.66. The summed E-state index contributed by atoms with van der Waals surface area (Å²) in [4.78, 5) is 39.8. The molecule has 0 amide bonds. The first-order valence-electron chi connectivity index (χ1n) is 10.8. The highest BCUT2D eigenvalue weighted by molar-refractivity contribution is 9.10. The van der Waals surface area contributed by atoms with Crippen molar-refractivity contribution >= 4 is 67.3 Å².